The zero-order valence-corrected chi connectivity index (χ0v) is 9.69. The molecule has 0 saturated heterocycles. The Kier molecular flexibility index (Phi) is 3.38. The Labute approximate surface area is 103 Å². The molecule has 2 N–H and O–H groups in total. The van der Waals surface area contributed by atoms with Crippen LogP contribution in [0.25, 0.3) is 0 Å². The standard InChI is InChI=1S/C13H15F3O2/c14-13(15,16)11-10(7-17)12(11,8-18)6-9-4-2-1-3-5-9/h1-5,10-11,17-18H,6-8H2/t10-,11-,12-/m1/s1. The lowest BCUT2D eigenvalue weighted by atomic mass is 9.93. The zero-order chi connectivity index (χ0) is 13.4. The molecule has 1 aliphatic rings. The van der Waals surface area contributed by atoms with E-state index in [1.165, 1.54) is 0 Å². The third-order valence-electron chi connectivity index (χ3n) is 3.87. The maximum atomic E-state index is 12.8. The van der Waals surface area contributed by atoms with Crippen LogP contribution in [0, 0.1) is 17.3 Å². The van der Waals surface area contributed by atoms with Crippen molar-refractivity contribution in [2.75, 3.05) is 13.2 Å². The van der Waals surface area contributed by atoms with Crippen LogP contribution in [0.2, 0.25) is 0 Å². The van der Waals surface area contributed by atoms with Crippen molar-refractivity contribution < 1.29 is 23.4 Å². The van der Waals surface area contributed by atoms with Crippen LogP contribution in [0.1, 0.15) is 5.56 Å². The van der Waals surface area contributed by atoms with Gasteiger partial charge < -0.3 is 10.2 Å². The zero-order valence-electron chi connectivity index (χ0n) is 9.69. The molecule has 2 nitrogen and oxygen atoms in total. The van der Waals surface area contributed by atoms with E-state index < -0.39 is 36.6 Å². The van der Waals surface area contributed by atoms with Crippen LogP contribution in [0.3, 0.4) is 0 Å². The fraction of sp³-hybridized carbons (Fsp3) is 0.538. The summed E-state index contributed by atoms with van der Waals surface area (Å²) in [7, 11) is 0. The highest BCUT2D eigenvalue weighted by Gasteiger charge is 2.73. The number of hydrogen-bond donors (Lipinski definition) is 2. The van der Waals surface area contributed by atoms with Gasteiger partial charge in [-0.15, -0.1) is 0 Å². The molecule has 0 spiro atoms. The molecule has 0 amide bonds. The molecule has 1 fully saturated rings. The molecule has 1 aromatic rings. The van der Waals surface area contributed by atoms with E-state index in [-0.39, 0.29) is 6.42 Å². The summed E-state index contributed by atoms with van der Waals surface area (Å²) >= 11 is 0. The monoisotopic (exact) mass is 260 g/mol. The van der Waals surface area contributed by atoms with Gasteiger partial charge in [-0.3, -0.25) is 0 Å². The number of alkyl halides is 3. The maximum absolute atomic E-state index is 12.8. The van der Waals surface area contributed by atoms with E-state index in [4.69, 9.17) is 5.11 Å². The van der Waals surface area contributed by atoms with Gasteiger partial charge >= 0.3 is 6.18 Å². The fourth-order valence-corrected chi connectivity index (χ4v) is 2.91. The minimum absolute atomic E-state index is 0.139. The number of aliphatic hydroxyl groups is 2. The van der Waals surface area contributed by atoms with Gasteiger partial charge in [0.25, 0.3) is 0 Å². The van der Waals surface area contributed by atoms with E-state index >= 15 is 0 Å². The highest BCUT2D eigenvalue weighted by molar-refractivity contribution is 5.23. The second-order valence-corrected chi connectivity index (χ2v) is 4.86. The topological polar surface area (TPSA) is 40.5 Å². The van der Waals surface area contributed by atoms with E-state index in [0.29, 0.717) is 0 Å². The number of aliphatic hydroxyl groups excluding tert-OH is 2. The molecule has 100 valence electrons. The van der Waals surface area contributed by atoms with E-state index in [1.807, 2.05) is 0 Å². The van der Waals surface area contributed by atoms with Crippen LogP contribution in [0.4, 0.5) is 13.2 Å². The van der Waals surface area contributed by atoms with Gasteiger partial charge in [0.15, 0.2) is 0 Å². The second kappa shape index (κ2) is 4.55. The van der Waals surface area contributed by atoms with E-state index in [2.05, 4.69) is 0 Å². The van der Waals surface area contributed by atoms with E-state index in [0.717, 1.165) is 5.56 Å². The van der Waals surface area contributed by atoms with Gasteiger partial charge in [0.1, 0.15) is 0 Å². The molecule has 5 heteroatoms. The van der Waals surface area contributed by atoms with Crippen LogP contribution in [0.15, 0.2) is 30.3 Å². The molecule has 2 rings (SSSR count). The van der Waals surface area contributed by atoms with Crippen molar-refractivity contribution >= 4 is 0 Å². The summed E-state index contributed by atoms with van der Waals surface area (Å²) in [5.41, 5.74) is -0.509. The number of hydrogen-bond acceptors (Lipinski definition) is 2. The van der Waals surface area contributed by atoms with Gasteiger partial charge in [-0.1, -0.05) is 30.3 Å². The lowest BCUT2D eigenvalue weighted by molar-refractivity contribution is -0.161. The predicted molar refractivity (Wildman–Crippen MR) is 59.8 cm³/mol. The van der Waals surface area contributed by atoms with Crippen molar-refractivity contribution in [1.82, 2.24) is 0 Å². The smallest absolute Gasteiger partial charge is 0.392 e. The highest BCUT2D eigenvalue weighted by Crippen LogP contribution is 2.66. The maximum Gasteiger partial charge on any atom is 0.392 e. The molecule has 1 aromatic carbocycles. The van der Waals surface area contributed by atoms with Crippen molar-refractivity contribution in [1.29, 1.82) is 0 Å². The largest absolute Gasteiger partial charge is 0.396 e. The van der Waals surface area contributed by atoms with Gasteiger partial charge in [0.05, 0.1) is 5.92 Å². The molecule has 0 aromatic heterocycles. The Morgan fingerprint density at radius 3 is 2.11 bits per heavy atom. The summed E-state index contributed by atoms with van der Waals surface area (Å²) in [5, 5.41) is 18.4. The van der Waals surface area contributed by atoms with Crippen molar-refractivity contribution in [2.24, 2.45) is 17.3 Å². The fourth-order valence-electron chi connectivity index (χ4n) is 2.91. The summed E-state index contributed by atoms with van der Waals surface area (Å²) in [6.45, 7) is -1.10. The normalized spacial score (nSPS) is 31.4. The van der Waals surface area contributed by atoms with Gasteiger partial charge in [0.2, 0.25) is 0 Å². The van der Waals surface area contributed by atoms with E-state index in [1.54, 1.807) is 30.3 Å². The van der Waals surface area contributed by atoms with Crippen LogP contribution in [-0.2, 0) is 6.42 Å². The average molecular weight is 260 g/mol. The SMILES string of the molecule is OC[C@@H]1[C@@H](C(F)(F)F)[C@@]1(CO)Cc1ccccc1. The van der Waals surface area contributed by atoms with Crippen LogP contribution >= 0.6 is 0 Å². The highest BCUT2D eigenvalue weighted by atomic mass is 19.4. The molecule has 3 atom stereocenters. The second-order valence-electron chi connectivity index (χ2n) is 4.86. The average Bonchev–Trinajstić information content (AvgIpc) is 2.99. The minimum Gasteiger partial charge on any atom is -0.396 e. The minimum atomic E-state index is -4.37. The Bertz CT molecular complexity index is 404. The lowest BCUT2D eigenvalue weighted by Crippen LogP contribution is -2.22. The van der Waals surface area contributed by atoms with Gasteiger partial charge in [-0.05, 0) is 12.0 Å². The quantitative estimate of drug-likeness (QED) is 0.869. The summed E-state index contributed by atoms with van der Waals surface area (Å²) in [4.78, 5) is 0. The molecule has 1 aliphatic carbocycles. The first kappa shape index (κ1) is 13.4. The Balaban J connectivity index is 2.22. The molecule has 0 unspecified atom stereocenters. The number of benzene rings is 1. The van der Waals surface area contributed by atoms with Crippen LogP contribution < -0.4 is 0 Å². The number of rotatable bonds is 4. The first-order valence-corrected chi connectivity index (χ1v) is 5.78. The Morgan fingerprint density at radius 2 is 1.72 bits per heavy atom. The van der Waals surface area contributed by atoms with Gasteiger partial charge in [-0.25, -0.2) is 0 Å². The molecule has 0 heterocycles. The molecular formula is C13H15F3O2. The molecule has 0 radical (unpaired) electrons. The number of halogens is 3. The third-order valence-corrected chi connectivity index (χ3v) is 3.87. The molecule has 1 saturated carbocycles. The predicted octanol–water partition coefficient (Wildman–Crippen LogP) is 2.01. The molecular weight excluding hydrogens is 245 g/mol. The van der Waals surface area contributed by atoms with Crippen LogP contribution in [-0.4, -0.2) is 29.6 Å². The molecule has 18 heavy (non-hydrogen) atoms. The van der Waals surface area contributed by atoms with Crippen molar-refractivity contribution in [3.05, 3.63) is 35.9 Å². The van der Waals surface area contributed by atoms with Crippen molar-refractivity contribution in [3.63, 3.8) is 0 Å². The molecule has 0 bridgehead atoms. The molecule has 0 aliphatic heterocycles. The van der Waals surface area contributed by atoms with Gasteiger partial charge in [0, 0.05) is 24.5 Å². The summed E-state index contributed by atoms with van der Waals surface area (Å²) in [6.07, 6.45) is -4.23. The van der Waals surface area contributed by atoms with Gasteiger partial charge in [-0.2, -0.15) is 13.2 Å². The van der Waals surface area contributed by atoms with Crippen molar-refractivity contribution in [2.45, 2.75) is 12.6 Å². The third kappa shape index (κ3) is 2.12. The summed E-state index contributed by atoms with van der Waals surface area (Å²) in [5.74, 6) is -2.51. The Morgan fingerprint density at radius 1 is 1.11 bits per heavy atom. The van der Waals surface area contributed by atoms with Crippen molar-refractivity contribution in [3.8, 4) is 0 Å². The van der Waals surface area contributed by atoms with E-state index in [9.17, 15) is 18.3 Å². The lowest BCUT2D eigenvalue weighted by Gasteiger charge is -2.16. The summed E-state index contributed by atoms with van der Waals surface area (Å²) in [6, 6.07) is 8.75. The first-order chi connectivity index (χ1) is 8.45. The Hall–Kier alpha value is -1.07. The van der Waals surface area contributed by atoms with Crippen LogP contribution in [0.5, 0.6) is 0 Å². The summed E-state index contributed by atoms with van der Waals surface area (Å²) < 4.78 is 38.5. The first-order valence-electron chi connectivity index (χ1n) is 5.78.